The molecule has 2 atom stereocenters. The Labute approximate surface area is 222 Å². The number of rotatable bonds is 8. The third-order valence-electron chi connectivity index (χ3n) is 6.31. The van der Waals surface area contributed by atoms with Crippen LogP contribution in [-0.2, 0) is 27.2 Å². The molecule has 4 rings (SSSR count). The van der Waals surface area contributed by atoms with Crippen molar-refractivity contribution >= 4 is 39.3 Å². The van der Waals surface area contributed by atoms with Crippen molar-refractivity contribution in [1.82, 2.24) is 15.5 Å². The molecule has 1 fully saturated rings. The van der Waals surface area contributed by atoms with Crippen LogP contribution in [0.4, 0.5) is 4.79 Å². The van der Waals surface area contributed by atoms with E-state index in [-0.39, 0.29) is 12.3 Å². The lowest BCUT2D eigenvalue weighted by atomic mass is 10.0. The Kier molecular flexibility index (Phi) is 8.48. The predicted octanol–water partition coefficient (Wildman–Crippen LogP) is 4.69. The summed E-state index contributed by atoms with van der Waals surface area (Å²) in [5, 5.41) is 8.79. The minimum Gasteiger partial charge on any atom is -0.444 e. The second-order valence-corrected chi connectivity index (χ2v) is 11.4. The molecule has 3 amide bonds. The van der Waals surface area contributed by atoms with Crippen LogP contribution in [0.5, 0.6) is 0 Å². The van der Waals surface area contributed by atoms with Crippen LogP contribution in [0.1, 0.15) is 44.7 Å². The summed E-state index contributed by atoms with van der Waals surface area (Å²) in [5.41, 5.74) is 1.21. The molecule has 7 nitrogen and oxygen atoms in total. The summed E-state index contributed by atoms with van der Waals surface area (Å²) in [4.78, 5) is 41.6. The third-order valence-corrected chi connectivity index (χ3v) is 7.32. The first-order chi connectivity index (χ1) is 17.7. The topological polar surface area (TPSA) is 87.7 Å². The summed E-state index contributed by atoms with van der Waals surface area (Å²) in [6, 6.07) is 16.0. The van der Waals surface area contributed by atoms with Gasteiger partial charge in [0, 0.05) is 30.6 Å². The molecule has 0 radical (unpaired) electrons. The van der Waals surface area contributed by atoms with E-state index in [9.17, 15) is 14.4 Å². The molecule has 1 aliphatic heterocycles. The van der Waals surface area contributed by atoms with Gasteiger partial charge in [0.1, 0.15) is 17.7 Å². The standard InChI is InChI=1S/C29H35N3O4S/c1-29(2,3)36-28(35)31-23(18-21-19-37-25-14-8-7-13-22(21)25)26(33)30-24(17-20-11-5-4-6-12-20)27(34)32-15-9-10-16-32/h4-8,11-14,19,23-24H,9-10,15-18H2,1-3H3,(H,30,33)(H,31,35)/t23-,24-/m0/s1. The zero-order chi connectivity index (χ0) is 26.4. The molecular formula is C29H35N3O4S. The number of nitrogens with one attached hydrogen (secondary N) is 2. The van der Waals surface area contributed by atoms with E-state index in [1.165, 1.54) is 0 Å². The Morgan fingerprint density at radius 1 is 0.919 bits per heavy atom. The lowest BCUT2D eigenvalue weighted by Gasteiger charge is -2.27. The second-order valence-electron chi connectivity index (χ2n) is 10.4. The van der Waals surface area contributed by atoms with Gasteiger partial charge in [0.05, 0.1) is 0 Å². The molecule has 0 bridgehead atoms. The summed E-state index contributed by atoms with van der Waals surface area (Å²) in [6.45, 7) is 6.72. The van der Waals surface area contributed by atoms with Gasteiger partial charge in [-0.25, -0.2) is 4.79 Å². The minimum atomic E-state index is -0.905. The molecule has 2 heterocycles. The highest BCUT2D eigenvalue weighted by Gasteiger charge is 2.32. The molecule has 1 saturated heterocycles. The van der Waals surface area contributed by atoms with Crippen LogP contribution in [0, 0.1) is 0 Å². The lowest BCUT2D eigenvalue weighted by Crippen LogP contribution is -2.55. The van der Waals surface area contributed by atoms with Gasteiger partial charge in [0.15, 0.2) is 0 Å². The molecular weight excluding hydrogens is 486 g/mol. The Hall–Kier alpha value is -3.39. The number of thiophene rings is 1. The first-order valence-electron chi connectivity index (χ1n) is 12.8. The van der Waals surface area contributed by atoms with Crippen LogP contribution in [0.2, 0.25) is 0 Å². The van der Waals surface area contributed by atoms with Gasteiger partial charge in [0.2, 0.25) is 11.8 Å². The van der Waals surface area contributed by atoms with Crippen molar-refractivity contribution in [2.24, 2.45) is 0 Å². The average Bonchev–Trinajstić information content (AvgIpc) is 3.53. The minimum absolute atomic E-state index is 0.0910. The summed E-state index contributed by atoms with van der Waals surface area (Å²) < 4.78 is 6.56. The SMILES string of the molecule is CC(C)(C)OC(=O)N[C@@H](Cc1csc2ccccc12)C(=O)N[C@@H](Cc1ccccc1)C(=O)N1CCCC1. The van der Waals surface area contributed by atoms with Crippen molar-refractivity contribution in [3.05, 3.63) is 71.1 Å². The molecule has 2 N–H and O–H groups in total. The number of carbonyl (C=O) groups is 3. The number of nitrogens with zero attached hydrogens (tertiary/aromatic N) is 1. The van der Waals surface area contributed by atoms with Crippen LogP contribution in [0.15, 0.2) is 60.0 Å². The van der Waals surface area contributed by atoms with E-state index in [4.69, 9.17) is 4.74 Å². The quantitative estimate of drug-likeness (QED) is 0.450. The highest BCUT2D eigenvalue weighted by molar-refractivity contribution is 7.17. The summed E-state index contributed by atoms with van der Waals surface area (Å²) in [7, 11) is 0. The molecule has 37 heavy (non-hydrogen) atoms. The van der Waals surface area contributed by atoms with Gasteiger partial charge >= 0.3 is 6.09 Å². The number of likely N-dealkylation sites (tertiary alicyclic amines) is 1. The molecule has 3 aromatic rings. The van der Waals surface area contributed by atoms with Crippen LogP contribution >= 0.6 is 11.3 Å². The fourth-order valence-corrected chi connectivity index (χ4v) is 5.53. The number of fused-ring (bicyclic) bond motifs is 1. The van der Waals surface area contributed by atoms with E-state index >= 15 is 0 Å². The van der Waals surface area contributed by atoms with E-state index in [1.54, 1.807) is 32.1 Å². The Bertz CT molecular complexity index is 1230. The molecule has 0 aliphatic carbocycles. The number of alkyl carbamates (subject to hydrolysis) is 1. The zero-order valence-corrected chi connectivity index (χ0v) is 22.5. The molecule has 8 heteroatoms. The first kappa shape index (κ1) is 26.7. The van der Waals surface area contributed by atoms with Crippen molar-refractivity contribution in [2.45, 2.75) is 64.1 Å². The fraction of sp³-hybridized carbons (Fsp3) is 0.414. The van der Waals surface area contributed by atoms with E-state index in [2.05, 4.69) is 10.6 Å². The van der Waals surface area contributed by atoms with E-state index in [0.29, 0.717) is 19.5 Å². The smallest absolute Gasteiger partial charge is 0.408 e. The maximum Gasteiger partial charge on any atom is 0.408 e. The van der Waals surface area contributed by atoms with Gasteiger partial charge in [-0.1, -0.05) is 48.5 Å². The predicted molar refractivity (Wildman–Crippen MR) is 147 cm³/mol. The highest BCUT2D eigenvalue weighted by atomic mass is 32.1. The largest absolute Gasteiger partial charge is 0.444 e. The number of carbonyl (C=O) groups excluding carboxylic acids is 3. The number of amides is 3. The van der Waals surface area contributed by atoms with Crippen molar-refractivity contribution in [2.75, 3.05) is 13.1 Å². The van der Waals surface area contributed by atoms with Gasteiger partial charge in [0.25, 0.3) is 0 Å². The number of hydrogen-bond donors (Lipinski definition) is 2. The second kappa shape index (κ2) is 11.8. The van der Waals surface area contributed by atoms with E-state index in [0.717, 1.165) is 34.1 Å². The Balaban J connectivity index is 1.57. The van der Waals surface area contributed by atoms with Gasteiger partial charge in [-0.05, 0) is 61.6 Å². The van der Waals surface area contributed by atoms with Crippen molar-refractivity contribution in [3.8, 4) is 0 Å². The van der Waals surface area contributed by atoms with Crippen LogP contribution in [-0.4, -0.2) is 53.6 Å². The average molecular weight is 522 g/mol. The molecule has 196 valence electrons. The molecule has 0 unspecified atom stereocenters. The van der Waals surface area contributed by atoms with Gasteiger partial charge in [-0.15, -0.1) is 11.3 Å². The normalized spacial score (nSPS) is 15.3. The molecule has 2 aromatic carbocycles. The lowest BCUT2D eigenvalue weighted by molar-refractivity contribution is -0.136. The third kappa shape index (κ3) is 7.32. The summed E-state index contributed by atoms with van der Waals surface area (Å²) in [6.07, 6.45) is 1.92. The molecule has 1 aromatic heterocycles. The van der Waals surface area contributed by atoms with Crippen LogP contribution < -0.4 is 10.6 Å². The summed E-state index contributed by atoms with van der Waals surface area (Å²) >= 11 is 1.60. The molecule has 1 aliphatic rings. The molecule has 0 saturated carbocycles. The fourth-order valence-electron chi connectivity index (χ4n) is 4.55. The first-order valence-corrected chi connectivity index (χ1v) is 13.7. The molecule has 0 spiro atoms. The van der Waals surface area contributed by atoms with Crippen molar-refractivity contribution in [3.63, 3.8) is 0 Å². The van der Waals surface area contributed by atoms with Crippen molar-refractivity contribution < 1.29 is 19.1 Å². The monoisotopic (exact) mass is 521 g/mol. The summed E-state index contributed by atoms with van der Waals surface area (Å²) in [5.74, 6) is -0.499. The Morgan fingerprint density at radius 2 is 1.59 bits per heavy atom. The number of hydrogen-bond acceptors (Lipinski definition) is 5. The number of benzene rings is 2. The van der Waals surface area contributed by atoms with E-state index < -0.39 is 29.7 Å². The maximum atomic E-state index is 13.7. The van der Waals surface area contributed by atoms with Crippen molar-refractivity contribution in [1.29, 1.82) is 0 Å². The van der Waals surface area contributed by atoms with Gasteiger partial charge in [-0.2, -0.15) is 0 Å². The number of ether oxygens (including phenoxy) is 1. The van der Waals surface area contributed by atoms with Crippen LogP contribution in [0.25, 0.3) is 10.1 Å². The van der Waals surface area contributed by atoms with Crippen LogP contribution in [0.3, 0.4) is 0 Å². The zero-order valence-electron chi connectivity index (χ0n) is 21.7. The highest BCUT2D eigenvalue weighted by Crippen LogP contribution is 2.27. The Morgan fingerprint density at radius 3 is 2.30 bits per heavy atom. The van der Waals surface area contributed by atoms with E-state index in [1.807, 2.05) is 64.9 Å². The van der Waals surface area contributed by atoms with Gasteiger partial charge < -0.3 is 20.3 Å². The maximum absolute atomic E-state index is 13.7. The van der Waals surface area contributed by atoms with Gasteiger partial charge in [-0.3, -0.25) is 9.59 Å².